The first kappa shape index (κ1) is 25.5. The predicted molar refractivity (Wildman–Crippen MR) is 136 cm³/mol. The summed E-state index contributed by atoms with van der Waals surface area (Å²) >= 11 is 2.67. The number of benzene rings is 1. The lowest BCUT2D eigenvalue weighted by Crippen LogP contribution is -2.49. The molecule has 1 aliphatic rings. The average molecular weight is 525 g/mol. The molecule has 3 heterocycles. The van der Waals surface area contributed by atoms with Crippen LogP contribution in [0.4, 0.5) is 24.7 Å². The Bertz CT molecular complexity index is 1130. The fraction of sp³-hybridized carbons (Fsp3) is 0.435. The molecule has 0 radical (unpaired) electrons. The summed E-state index contributed by atoms with van der Waals surface area (Å²) in [4.78, 5) is 25.9. The molecular formula is C23H27F3N6OS2. The van der Waals surface area contributed by atoms with Gasteiger partial charge in [0.25, 0.3) is 0 Å². The molecule has 1 aliphatic heterocycles. The van der Waals surface area contributed by atoms with Crippen LogP contribution in [0.25, 0.3) is 10.2 Å². The highest BCUT2D eigenvalue weighted by Gasteiger charge is 2.30. The van der Waals surface area contributed by atoms with Crippen LogP contribution in [0.3, 0.4) is 0 Å². The predicted octanol–water partition coefficient (Wildman–Crippen LogP) is 3.97. The van der Waals surface area contributed by atoms with Crippen LogP contribution in [0.5, 0.6) is 0 Å². The normalized spacial score (nSPS) is 14.5. The third-order valence-electron chi connectivity index (χ3n) is 5.62. The number of hydrogen-bond acceptors (Lipinski definition) is 8. The van der Waals surface area contributed by atoms with Crippen molar-refractivity contribution in [3.05, 3.63) is 47.1 Å². The van der Waals surface area contributed by atoms with Gasteiger partial charge in [-0.2, -0.15) is 13.2 Å². The van der Waals surface area contributed by atoms with E-state index in [-0.39, 0.29) is 10.8 Å². The first-order valence-electron chi connectivity index (χ1n) is 11.3. The number of nitrogens with one attached hydrogen (secondary N) is 2. The Balaban J connectivity index is 1.31. The maximum absolute atomic E-state index is 12.8. The highest BCUT2D eigenvalue weighted by molar-refractivity contribution is 8.00. The Morgan fingerprint density at radius 2 is 1.89 bits per heavy atom. The van der Waals surface area contributed by atoms with E-state index in [0.29, 0.717) is 48.6 Å². The number of carbonyl (C=O) groups excluding carboxylic acids is 1. The molecule has 1 amide bonds. The van der Waals surface area contributed by atoms with Gasteiger partial charge in [-0.25, -0.2) is 9.97 Å². The molecule has 0 bridgehead atoms. The average Bonchev–Trinajstić information content (AvgIpc) is 3.24. The number of thiophene rings is 1. The Hall–Kier alpha value is -2.57. The van der Waals surface area contributed by atoms with Crippen LogP contribution in [0, 0.1) is 0 Å². The zero-order valence-corrected chi connectivity index (χ0v) is 20.9. The van der Waals surface area contributed by atoms with Gasteiger partial charge in [0.2, 0.25) is 5.91 Å². The van der Waals surface area contributed by atoms with Crippen LogP contribution in [0.15, 0.2) is 36.7 Å². The zero-order valence-electron chi connectivity index (χ0n) is 19.3. The van der Waals surface area contributed by atoms with Gasteiger partial charge in [-0.3, -0.25) is 4.79 Å². The highest BCUT2D eigenvalue weighted by Crippen LogP contribution is 2.34. The van der Waals surface area contributed by atoms with E-state index >= 15 is 0 Å². The van der Waals surface area contributed by atoms with E-state index in [2.05, 4.69) is 20.0 Å². The quantitative estimate of drug-likeness (QED) is 0.324. The number of rotatable bonds is 9. The maximum atomic E-state index is 12.8. The van der Waals surface area contributed by atoms with Gasteiger partial charge in [-0.05, 0) is 30.8 Å². The van der Waals surface area contributed by atoms with Crippen molar-refractivity contribution in [2.24, 2.45) is 0 Å². The summed E-state index contributed by atoms with van der Waals surface area (Å²) in [6.07, 6.45) is -3.51. The number of aromatic nitrogens is 2. The minimum atomic E-state index is -4.26. The largest absolute Gasteiger partial charge is 0.393 e. The molecule has 188 valence electrons. The number of anilines is 2. The number of amides is 1. The topological polar surface area (TPSA) is 73.4 Å². The number of nitrogens with zero attached hydrogens (tertiary/aromatic N) is 4. The number of alkyl halides is 3. The third kappa shape index (κ3) is 6.98. The van der Waals surface area contributed by atoms with Gasteiger partial charge < -0.3 is 19.8 Å². The first-order valence-corrected chi connectivity index (χ1v) is 13.1. The van der Waals surface area contributed by atoms with Crippen molar-refractivity contribution in [1.82, 2.24) is 20.2 Å². The molecule has 2 aromatic heterocycles. The minimum absolute atomic E-state index is 0.0598. The second kappa shape index (κ2) is 11.4. The lowest BCUT2D eigenvalue weighted by Gasteiger charge is -2.35. The van der Waals surface area contributed by atoms with Crippen molar-refractivity contribution in [3.8, 4) is 0 Å². The standard InChI is InChI=1S/C23H27F3N6OS2/c1-27-6-11-34-30-17-4-2-16(3-5-17)12-20(33)31-7-9-32(10-8-31)21-19-13-18(14-23(24,25)26)35-22(19)29-15-28-21/h2-5,13,15,27,30H,6-12,14H2,1H3. The van der Waals surface area contributed by atoms with E-state index < -0.39 is 12.6 Å². The smallest absolute Gasteiger partial charge is 0.352 e. The second-order valence-electron chi connectivity index (χ2n) is 8.22. The zero-order chi connectivity index (χ0) is 24.8. The first-order chi connectivity index (χ1) is 16.8. The highest BCUT2D eigenvalue weighted by atomic mass is 32.2. The molecule has 35 heavy (non-hydrogen) atoms. The van der Waals surface area contributed by atoms with Crippen LogP contribution < -0.4 is 14.9 Å². The van der Waals surface area contributed by atoms with Crippen LogP contribution >= 0.6 is 23.3 Å². The molecule has 7 nitrogen and oxygen atoms in total. The Morgan fingerprint density at radius 3 is 2.57 bits per heavy atom. The van der Waals surface area contributed by atoms with Gasteiger partial charge in [-0.15, -0.1) is 11.3 Å². The summed E-state index contributed by atoms with van der Waals surface area (Å²) in [6, 6.07) is 9.41. The van der Waals surface area contributed by atoms with E-state index in [0.717, 1.165) is 34.9 Å². The van der Waals surface area contributed by atoms with E-state index in [9.17, 15) is 18.0 Å². The van der Waals surface area contributed by atoms with E-state index in [1.807, 2.05) is 41.1 Å². The van der Waals surface area contributed by atoms with E-state index in [1.165, 1.54) is 12.4 Å². The third-order valence-corrected chi connectivity index (χ3v) is 7.45. The molecule has 1 saturated heterocycles. The number of piperazine rings is 1. The van der Waals surface area contributed by atoms with Crippen LogP contribution in [0.2, 0.25) is 0 Å². The summed E-state index contributed by atoms with van der Waals surface area (Å²) < 4.78 is 41.7. The Labute approximate surface area is 210 Å². The summed E-state index contributed by atoms with van der Waals surface area (Å²) in [5.41, 5.74) is 1.95. The van der Waals surface area contributed by atoms with Crippen LogP contribution in [0.1, 0.15) is 10.4 Å². The monoisotopic (exact) mass is 524 g/mol. The van der Waals surface area contributed by atoms with Crippen molar-refractivity contribution >= 4 is 50.9 Å². The van der Waals surface area contributed by atoms with Crippen LogP contribution in [-0.2, 0) is 17.6 Å². The Kier molecular flexibility index (Phi) is 8.34. The Morgan fingerprint density at radius 1 is 1.14 bits per heavy atom. The van der Waals surface area contributed by atoms with Crippen molar-refractivity contribution in [1.29, 1.82) is 0 Å². The van der Waals surface area contributed by atoms with Crippen molar-refractivity contribution in [2.75, 3.05) is 55.1 Å². The molecule has 0 spiro atoms. The van der Waals surface area contributed by atoms with Gasteiger partial charge in [0.15, 0.2) is 0 Å². The van der Waals surface area contributed by atoms with Crippen molar-refractivity contribution in [3.63, 3.8) is 0 Å². The molecule has 3 aromatic rings. The molecule has 1 fully saturated rings. The molecule has 0 atom stereocenters. The second-order valence-corrected chi connectivity index (χ2v) is 10.2. The molecule has 1 aromatic carbocycles. The SMILES string of the molecule is CNCCSNc1ccc(CC(=O)N2CCN(c3ncnc4sc(CC(F)(F)F)cc34)CC2)cc1. The number of fused-ring (bicyclic) bond motifs is 1. The molecule has 2 N–H and O–H groups in total. The molecule has 12 heteroatoms. The van der Waals surface area contributed by atoms with Gasteiger partial charge in [0.1, 0.15) is 17.0 Å². The lowest BCUT2D eigenvalue weighted by atomic mass is 10.1. The number of hydrogen-bond donors (Lipinski definition) is 2. The van der Waals surface area contributed by atoms with Crippen molar-refractivity contribution < 1.29 is 18.0 Å². The summed E-state index contributed by atoms with van der Waals surface area (Å²) in [5.74, 6) is 1.64. The molecule has 0 unspecified atom stereocenters. The maximum Gasteiger partial charge on any atom is 0.393 e. The summed E-state index contributed by atoms with van der Waals surface area (Å²) in [6.45, 7) is 3.12. The van der Waals surface area contributed by atoms with E-state index in [4.69, 9.17) is 0 Å². The summed E-state index contributed by atoms with van der Waals surface area (Å²) in [7, 11) is 1.92. The van der Waals surface area contributed by atoms with E-state index in [1.54, 1.807) is 11.9 Å². The van der Waals surface area contributed by atoms with Gasteiger partial charge >= 0.3 is 6.18 Å². The molecular weight excluding hydrogens is 497 g/mol. The van der Waals surface area contributed by atoms with Gasteiger partial charge in [0, 0.05) is 49.0 Å². The van der Waals surface area contributed by atoms with Gasteiger partial charge in [-0.1, -0.05) is 24.1 Å². The molecule has 4 rings (SSSR count). The van der Waals surface area contributed by atoms with Crippen LogP contribution in [-0.4, -0.2) is 72.5 Å². The lowest BCUT2D eigenvalue weighted by molar-refractivity contribution is -0.130. The number of halogens is 3. The minimum Gasteiger partial charge on any atom is -0.352 e. The molecule has 0 saturated carbocycles. The van der Waals surface area contributed by atoms with Crippen molar-refractivity contribution in [2.45, 2.75) is 19.0 Å². The number of carbonyl (C=O) groups is 1. The molecule has 0 aliphatic carbocycles. The fourth-order valence-electron chi connectivity index (χ4n) is 3.86. The summed E-state index contributed by atoms with van der Waals surface area (Å²) in [5, 5.41) is 3.73. The fourth-order valence-corrected chi connectivity index (χ4v) is 5.59. The van der Waals surface area contributed by atoms with Gasteiger partial charge in [0.05, 0.1) is 18.2 Å².